The average molecular weight is 507 g/mol. The van der Waals surface area contributed by atoms with Gasteiger partial charge in [0.1, 0.15) is 17.4 Å². The van der Waals surface area contributed by atoms with Crippen LogP contribution in [-0.2, 0) is 6.54 Å². The highest BCUT2D eigenvalue weighted by Crippen LogP contribution is 2.31. The summed E-state index contributed by atoms with van der Waals surface area (Å²) in [6, 6.07) is 15.6. The predicted octanol–water partition coefficient (Wildman–Crippen LogP) is 5.68. The molecule has 0 saturated heterocycles. The Kier molecular flexibility index (Phi) is 5.68. The second-order valence-corrected chi connectivity index (χ2v) is 8.68. The molecule has 0 unspecified atom stereocenters. The first-order valence-corrected chi connectivity index (χ1v) is 11.4. The van der Waals surface area contributed by atoms with Crippen molar-refractivity contribution in [2.45, 2.75) is 19.9 Å². The summed E-state index contributed by atoms with van der Waals surface area (Å²) >= 11 is 3.47. The lowest BCUT2D eigenvalue weighted by atomic mass is 10.1. The van der Waals surface area contributed by atoms with Gasteiger partial charge in [-0.25, -0.2) is 14.4 Å². The maximum atomic E-state index is 13.2. The molecule has 1 N–H and O–H groups in total. The van der Waals surface area contributed by atoms with Gasteiger partial charge in [-0.1, -0.05) is 35.0 Å². The first kappa shape index (κ1) is 21.3. The number of hydrogen-bond donors (Lipinski definition) is 1. The lowest BCUT2D eigenvalue weighted by Gasteiger charge is -2.11. The number of rotatable bonds is 6. The van der Waals surface area contributed by atoms with Gasteiger partial charge in [-0.15, -0.1) is 0 Å². The minimum atomic E-state index is -0.275. The van der Waals surface area contributed by atoms with E-state index in [9.17, 15) is 9.18 Å². The lowest BCUT2D eigenvalue weighted by Crippen LogP contribution is -2.10. The molecule has 5 rings (SSSR count). The quantitative estimate of drug-likeness (QED) is 0.321. The van der Waals surface area contributed by atoms with Crippen LogP contribution in [0, 0.1) is 5.82 Å². The zero-order chi connectivity index (χ0) is 22.9. The highest BCUT2D eigenvalue weighted by atomic mass is 79.9. The first-order chi connectivity index (χ1) is 16.0. The number of hydrogen-bond acceptors (Lipinski definition) is 4. The molecule has 0 saturated carbocycles. The Morgan fingerprint density at radius 3 is 2.70 bits per heavy atom. The van der Waals surface area contributed by atoms with Gasteiger partial charge in [-0.3, -0.25) is 4.79 Å². The van der Waals surface area contributed by atoms with Crippen molar-refractivity contribution >= 4 is 37.9 Å². The van der Waals surface area contributed by atoms with Gasteiger partial charge in [0.25, 0.3) is 5.56 Å². The van der Waals surface area contributed by atoms with Gasteiger partial charge in [-0.2, -0.15) is 0 Å². The van der Waals surface area contributed by atoms with Gasteiger partial charge in [0.05, 0.1) is 40.4 Å². The number of aromatic nitrogens is 4. The molecule has 0 atom stereocenters. The zero-order valence-corrected chi connectivity index (χ0v) is 19.4. The number of imidazole rings is 1. The van der Waals surface area contributed by atoms with Crippen LogP contribution in [0.5, 0.6) is 5.75 Å². The van der Waals surface area contributed by atoms with E-state index in [1.54, 1.807) is 24.5 Å². The number of nitrogens with zero attached hydrogens (tertiary/aromatic N) is 3. The third kappa shape index (κ3) is 4.26. The molecule has 0 fully saturated rings. The molecular weight excluding hydrogens is 487 g/mol. The second-order valence-electron chi connectivity index (χ2n) is 7.76. The average Bonchev–Trinajstić information content (AvgIpc) is 3.19. The third-order valence-corrected chi connectivity index (χ3v) is 5.87. The Bertz CT molecular complexity index is 1530. The van der Waals surface area contributed by atoms with Crippen molar-refractivity contribution in [3.8, 4) is 17.1 Å². The van der Waals surface area contributed by atoms with E-state index in [1.165, 1.54) is 12.1 Å². The number of ether oxygens (including phenoxy) is 1. The summed E-state index contributed by atoms with van der Waals surface area (Å²) in [4.78, 5) is 25.1. The van der Waals surface area contributed by atoms with E-state index >= 15 is 0 Å². The van der Waals surface area contributed by atoms with Crippen LogP contribution in [0.15, 0.2) is 70.2 Å². The number of halogens is 2. The summed E-state index contributed by atoms with van der Waals surface area (Å²) in [6.45, 7) is 3.12. The summed E-state index contributed by atoms with van der Waals surface area (Å²) in [5, 5.41) is 0.472. The fraction of sp³-hybridized carbons (Fsp3) is 0.160. The van der Waals surface area contributed by atoms with Crippen LogP contribution >= 0.6 is 15.9 Å². The highest BCUT2D eigenvalue weighted by Gasteiger charge is 2.14. The smallest absolute Gasteiger partial charge is 0.259 e. The Balaban J connectivity index is 1.58. The fourth-order valence-corrected chi connectivity index (χ4v) is 4.09. The molecule has 0 spiro atoms. The van der Waals surface area contributed by atoms with E-state index in [1.807, 2.05) is 35.8 Å². The molecule has 33 heavy (non-hydrogen) atoms. The van der Waals surface area contributed by atoms with Crippen LogP contribution in [0.3, 0.4) is 0 Å². The fourth-order valence-electron chi connectivity index (χ4n) is 3.75. The van der Waals surface area contributed by atoms with Gasteiger partial charge >= 0.3 is 0 Å². The van der Waals surface area contributed by atoms with Gasteiger partial charge in [0.2, 0.25) is 0 Å². The summed E-state index contributed by atoms with van der Waals surface area (Å²) in [7, 11) is 0. The zero-order valence-electron chi connectivity index (χ0n) is 17.8. The summed E-state index contributed by atoms with van der Waals surface area (Å²) in [6.07, 6.45) is 2.58. The van der Waals surface area contributed by atoms with Crippen molar-refractivity contribution in [2.24, 2.45) is 0 Å². The van der Waals surface area contributed by atoms with E-state index in [4.69, 9.17) is 9.72 Å². The molecular formula is C25H20BrFN4O2. The molecule has 0 aliphatic carbocycles. The second kappa shape index (κ2) is 8.78. The van der Waals surface area contributed by atoms with E-state index in [2.05, 4.69) is 25.9 Å². The van der Waals surface area contributed by atoms with Crippen molar-refractivity contribution < 1.29 is 9.13 Å². The van der Waals surface area contributed by atoms with Gasteiger partial charge in [0, 0.05) is 11.0 Å². The van der Waals surface area contributed by atoms with E-state index in [0.29, 0.717) is 41.2 Å². The Hall–Kier alpha value is -3.52. The van der Waals surface area contributed by atoms with Crippen molar-refractivity contribution in [2.75, 3.05) is 6.61 Å². The van der Waals surface area contributed by atoms with E-state index < -0.39 is 0 Å². The van der Waals surface area contributed by atoms with Gasteiger partial charge < -0.3 is 14.3 Å². The van der Waals surface area contributed by atoms with E-state index in [-0.39, 0.29) is 11.4 Å². The molecule has 6 nitrogen and oxygen atoms in total. The van der Waals surface area contributed by atoms with Crippen molar-refractivity contribution in [3.05, 3.63) is 87.1 Å². The predicted molar refractivity (Wildman–Crippen MR) is 130 cm³/mol. The molecule has 0 radical (unpaired) electrons. The lowest BCUT2D eigenvalue weighted by molar-refractivity contribution is 0.318. The molecule has 0 aliphatic rings. The minimum Gasteiger partial charge on any atom is -0.493 e. The first-order valence-electron chi connectivity index (χ1n) is 10.6. The number of H-pyrrole nitrogens is 1. The number of nitrogens with one attached hydrogen (secondary N) is 1. The molecule has 166 valence electrons. The van der Waals surface area contributed by atoms with Crippen LogP contribution in [0.4, 0.5) is 4.39 Å². The highest BCUT2D eigenvalue weighted by molar-refractivity contribution is 9.10. The molecule has 5 aromatic rings. The normalized spacial score (nSPS) is 11.4. The van der Waals surface area contributed by atoms with Gasteiger partial charge in [-0.05, 0) is 54.4 Å². The molecule has 3 aromatic carbocycles. The van der Waals surface area contributed by atoms with Crippen LogP contribution in [0.25, 0.3) is 33.3 Å². The monoisotopic (exact) mass is 506 g/mol. The molecule has 2 heterocycles. The molecule has 8 heteroatoms. The molecule has 2 aromatic heterocycles. The number of benzene rings is 3. The Labute approximate surface area is 197 Å². The molecule has 0 aliphatic heterocycles. The SMILES string of the molecule is CCCOc1cc(Br)ccc1-c1nc2cc3ncn(Cc4ccc(F)cc4)c3cc2c(=O)[nH]1. The Morgan fingerprint density at radius 1 is 1.09 bits per heavy atom. The van der Waals surface area contributed by atoms with Crippen LogP contribution in [0.2, 0.25) is 0 Å². The summed E-state index contributed by atoms with van der Waals surface area (Å²) in [5.74, 6) is 0.817. The summed E-state index contributed by atoms with van der Waals surface area (Å²) < 4.78 is 21.9. The van der Waals surface area contributed by atoms with Gasteiger partial charge in [0.15, 0.2) is 0 Å². The standard InChI is InChI=1S/C25H20BrFN4O2/c1-2-9-33-23-10-16(26)5-8-18(23)24-29-20-12-21-22(11-19(20)25(32)30-24)31(14-28-21)13-15-3-6-17(27)7-4-15/h3-8,10-12,14H,2,9,13H2,1H3,(H,29,30,32). The molecule has 0 amide bonds. The maximum Gasteiger partial charge on any atom is 0.259 e. The minimum absolute atomic E-state index is 0.240. The number of fused-ring (bicyclic) bond motifs is 2. The summed E-state index contributed by atoms with van der Waals surface area (Å²) in [5.41, 5.74) is 3.50. The third-order valence-electron chi connectivity index (χ3n) is 5.37. The van der Waals surface area contributed by atoms with Crippen molar-refractivity contribution in [1.29, 1.82) is 0 Å². The largest absolute Gasteiger partial charge is 0.493 e. The molecule has 0 bridgehead atoms. The number of aromatic amines is 1. The van der Waals surface area contributed by atoms with E-state index in [0.717, 1.165) is 27.5 Å². The van der Waals surface area contributed by atoms with Crippen LogP contribution < -0.4 is 10.3 Å². The maximum absolute atomic E-state index is 13.2. The van der Waals surface area contributed by atoms with Crippen molar-refractivity contribution in [1.82, 2.24) is 19.5 Å². The Morgan fingerprint density at radius 2 is 1.91 bits per heavy atom. The topological polar surface area (TPSA) is 72.8 Å². The van der Waals surface area contributed by atoms with Crippen LogP contribution in [-0.4, -0.2) is 26.1 Å². The van der Waals surface area contributed by atoms with Crippen molar-refractivity contribution in [3.63, 3.8) is 0 Å². The van der Waals surface area contributed by atoms with Crippen LogP contribution in [0.1, 0.15) is 18.9 Å².